The number of H-pyrrole nitrogens is 2. The van der Waals surface area contributed by atoms with Crippen LogP contribution in [0.1, 0.15) is 36.4 Å². The van der Waals surface area contributed by atoms with E-state index in [4.69, 9.17) is 11.6 Å². The lowest BCUT2D eigenvalue weighted by molar-refractivity contribution is -0.165. The van der Waals surface area contributed by atoms with Crippen LogP contribution in [0.5, 0.6) is 0 Å². The highest BCUT2D eigenvalue weighted by atomic mass is 79.9. The van der Waals surface area contributed by atoms with Gasteiger partial charge in [0.15, 0.2) is 10.8 Å². The summed E-state index contributed by atoms with van der Waals surface area (Å²) in [5.74, 6) is -2.03. The fourth-order valence-corrected chi connectivity index (χ4v) is 6.84. The lowest BCUT2D eigenvalue weighted by Crippen LogP contribution is -2.44. The molecule has 0 saturated carbocycles. The summed E-state index contributed by atoms with van der Waals surface area (Å²) in [7, 11) is 0. The van der Waals surface area contributed by atoms with E-state index in [9.17, 15) is 27.6 Å². The summed E-state index contributed by atoms with van der Waals surface area (Å²) in [6.07, 6.45) is -2.15. The number of aromatic amines is 2. The van der Waals surface area contributed by atoms with Gasteiger partial charge in [-0.2, -0.15) is 18.3 Å². The van der Waals surface area contributed by atoms with Crippen LogP contribution < -0.4 is 5.69 Å². The molecule has 0 radical (unpaired) electrons. The van der Waals surface area contributed by atoms with Gasteiger partial charge >= 0.3 is 11.9 Å². The van der Waals surface area contributed by atoms with Crippen LogP contribution in [-0.4, -0.2) is 72.2 Å². The number of likely N-dealkylation sites (tertiary alicyclic amines) is 1. The number of hydrogen-bond donors (Lipinski definition) is 2. The molecular weight excluding hydrogens is 631 g/mol. The molecule has 1 fully saturated rings. The molecule has 1 atom stereocenters. The average Bonchev–Trinajstić information content (AvgIpc) is 3.44. The number of pyridine rings is 1. The van der Waals surface area contributed by atoms with Gasteiger partial charge in [-0.25, -0.2) is 9.78 Å². The quantitative estimate of drug-likeness (QED) is 0.340. The van der Waals surface area contributed by atoms with Crippen molar-refractivity contribution in [2.45, 2.75) is 44.4 Å². The standard InChI is InChI=1S/C26H24BrClF3N7O3/c27-17-9-13-8-14(24(40)37(12-26(29,30)31)11-16(13)20-21(17)34-35-22(20)28)10-19(39)36-6-3-15(4-7-36)38-18-2-1-5-32-23(18)33-25(38)41/h1-2,5,9,14-15H,3-4,6-8,10-12H2,(H,34,35)(H,32,33,41). The Balaban J connectivity index is 1.23. The first-order valence-corrected chi connectivity index (χ1v) is 14.2. The number of benzene rings is 1. The third-order valence-electron chi connectivity index (χ3n) is 7.89. The molecule has 41 heavy (non-hydrogen) atoms. The van der Waals surface area contributed by atoms with Crippen LogP contribution in [0.2, 0.25) is 5.15 Å². The van der Waals surface area contributed by atoms with Crippen LogP contribution in [0.3, 0.4) is 0 Å². The topological polar surface area (TPSA) is 120 Å². The first-order valence-electron chi connectivity index (χ1n) is 13.0. The van der Waals surface area contributed by atoms with E-state index in [0.717, 1.165) is 4.90 Å². The van der Waals surface area contributed by atoms with Crippen molar-refractivity contribution >= 4 is 61.4 Å². The Kier molecular flexibility index (Phi) is 7.09. The number of imidazole rings is 1. The molecular formula is C26H24BrClF3N7O3. The second-order valence-corrected chi connectivity index (χ2v) is 11.7. The van der Waals surface area contributed by atoms with Gasteiger partial charge in [0.05, 0.1) is 17.0 Å². The first kappa shape index (κ1) is 27.8. The van der Waals surface area contributed by atoms with Crippen molar-refractivity contribution in [3.8, 4) is 0 Å². The Morgan fingerprint density at radius 3 is 2.71 bits per heavy atom. The Morgan fingerprint density at radius 1 is 1.22 bits per heavy atom. The van der Waals surface area contributed by atoms with E-state index in [0.29, 0.717) is 63.6 Å². The number of nitrogens with one attached hydrogen (secondary N) is 2. The maximum absolute atomic E-state index is 13.5. The number of alkyl halides is 3. The molecule has 5 heterocycles. The summed E-state index contributed by atoms with van der Waals surface area (Å²) in [6, 6.07) is 5.16. The molecule has 10 nitrogen and oxygen atoms in total. The minimum atomic E-state index is -4.62. The number of carbonyl (C=O) groups excluding carboxylic acids is 2. The van der Waals surface area contributed by atoms with E-state index in [2.05, 4.69) is 36.1 Å². The number of piperidine rings is 1. The smallest absolute Gasteiger partial charge is 0.343 e. The number of rotatable bonds is 4. The summed E-state index contributed by atoms with van der Waals surface area (Å²) >= 11 is 9.74. The molecule has 2 amide bonds. The molecule has 2 N–H and O–H groups in total. The van der Waals surface area contributed by atoms with Crippen molar-refractivity contribution in [1.82, 2.24) is 34.5 Å². The zero-order valence-corrected chi connectivity index (χ0v) is 23.8. The van der Waals surface area contributed by atoms with Gasteiger partial charge in [0, 0.05) is 48.2 Å². The Labute approximate surface area is 244 Å². The molecule has 2 aliphatic rings. The average molecular weight is 655 g/mol. The minimum Gasteiger partial charge on any atom is -0.343 e. The minimum absolute atomic E-state index is 0.0819. The largest absolute Gasteiger partial charge is 0.406 e. The zero-order valence-electron chi connectivity index (χ0n) is 21.5. The molecule has 4 aromatic rings. The number of carbonyl (C=O) groups is 2. The predicted molar refractivity (Wildman–Crippen MR) is 147 cm³/mol. The van der Waals surface area contributed by atoms with Gasteiger partial charge < -0.3 is 9.80 Å². The predicted octanol–water partition coefficient (Wildman–Crippen LogP) is 4.33. The highest BCUT2D eigenvalue weighted by Crippen LogP contribution is 2.38. The second-order valence-electron chi connectivity index (χ2n) is 10.5. The number of amides is 2. The molecule has 0 bridgehead atoms. The lowest BCUT2D eigenvalue weighted by atomic mass is 9.92. The molecule has 1 aromatic carbocycles. The highest BCUT2D eigenvalue weighted by molar-refractivity contribution is 9.10. The van der Waals surface area contributed by atoms with Crippen molar-refractivity contribution in [3.05, 3.63) is 55.6 Å². The molecule has 15 heteroatoms. The third-order valence-corrected chi connectivity index (χ3v) is 8.79. The summed E-state index contributed by atoms with van der Waals surface area (Å²) in [4.78, 5) is 48.7. The monoisotopic (exact) mass is 653 g/mol. The molecule has 0 spiro atoms. The second kappa shape index (κ2) is 10.5. The Bertz CT molecular complexity index is 1720. The van der Waals surface area contributed by atoms with E-state index in [1.165, 1.54) is 0 Å². The molecule has 2 aliphatic heterocycles. The van der Waals surface area contributed by atoms with Gasteiger partial charge in [-0.1, -0.05) is 11.6 Å². The van der Waals surface area contributed by atoms with Gasteiger partial charge in [0.25, 0.3) is 0 Å². The normalized spacial score (nSPS) is 18.8. The highest BCUT2D eigenvalue weighted by Gasteiger charge is 2.40. The third kappa shape index (κ3) is 5.23. The Hall–Kier alpha value is -3.39. The van der Waals surface area contributed by atoms with E-state index >= 15 is 0 Å². The molecule has 1 unspecified atom stereocenters. The number of fused-ring (bicyclic) bond motifs is 4. The number of halogens is 5. The van der Waals surface area contributed by atoms with Crippen LogP contribution in [0.4, 0.5) is 13.2 Å². The van der Waals surface area contributed by atoms with Crippen LogP contribution in [0, 0.1) is 5.92 Å². The van der Waals surface area contributed by atoms with Gasteiger partial charge in [-0.05, 0) is 64.5 Å². The van der Waals surface area contributed by atoms with Crippen LogP contribution in [0.15, 0.2) is 33.7 Å². The lowest BCUT2D eigenvalue weighted by Gasteiger charge is -2.33. The molecule has 3 aromatic heterocycles. The number of aromatic nitrogens is 5. The maximum Gasteiger partial charge on any atom is 0.406 e. The maximum atomic E-state index is 13.5. The van der Waals surface area contributed by atoms with Gasteiger partial charge in [-0.3, -0.25) is 24.2 Å². The Morgan fingerprint density at radius 2 is 1.98 bits per heavy atom. The van der Waals surface area contributed by atoms with Crippen molar-refractivity contribution < 1.29 is 22.8 Å². The van der Waals surface area contributed by atoms with Crippen molar-refractivity contribution in [2.75, 3.05) is 19.6 Å². The zero-order chi connectivity index (χ0) is 29.1. The van der Waals surface area contributed by atoms with Crippen molar-refractivity contribution in [1.29, 1.82) is 0 Å². The summed E-state index contributed by atoms with van der Waals surface area (Å²) in [5.41, 5.74) is 2.55. The first-order chi connectivity index (χ1) is 19.5. The molecule has 1 saturated heterocycles. The van der Waals surface area contributed by atoms with Crippen LogP contribution in [-0.2, 0) is 22.6 Å². The summed E-state index contributed by atoms with van der Waals surface area (Å²) in [5, 5.41) is 7.31. The van der Waals surface area contributed by atoms with E-state index < -0.39 is 24.5 Å². The molecule has 0 aliphatic carbocycles. The van der Waals surface area contributed by atoms with Gasteiger partial charge in [0.2, 0.25) is 11.8 Å². The SMILES string of the molecule is O=C(CC1Cc2cc(Br)c3[nH]nc(Cl)c3c2CN(CC(F)(F)F)C1=O)N1CCC(n2c(=O)[nH]c3ncccc32)CC1. The van der Waals surface area contributed by atoms with E-state index in [1.807, 2.05) is 6.07 Å². The van der Waals surface area contributed by atoms with Crippen LogP contribution >= 0.6 is 27.5 Å². The van der Waals surface area contributed by atoms with E-state index in [-0.39, 0.29) is 42.2 Å². The van der Waals surface area contributed by atoms with E-state index in [1.54, 1.807) is 27.8 Å². The van der Waals surface area contributed by atoms with Crippen molar-refractivity contribution in [2.24, 2.45) is 5.92 Å². The van der Waals surface area contributed by atoms with Crippen LogP contribution in [0.25, 0.3) is 22.1 Å². The van der Waals surface area contributed by atoms with Crippen molar-refractivity contribution in [3.63, 3.8) is 0 Å². The summed E-state index contributed by atoms with van der Waals surface area (Å²) < 4.78 is 42.8. The number of hydrogen-bond acceptors (Lipinski definition) is 5. The number of nitrogens with zero attached hydrogens (tertiary/aromatic N) is 5. The molecule has 216 valence electrons. The molecule has 6 rings (SSSR count). The van der Waals surface area contributed by atoms with Gasteiger partial charge in [-0.15, -0.1) is 0 Å². The fraction of sp³-hybridized carbons (Fsp3) is 0.423. The summed E-state index contributed by atoms with van der Waals surface area (Å²) in [6.45, 7) is -1.05. The van der Waals surface area contributed by atoms with Gasteiger partial charge in [0.1, 0.15) is 6.54 Å². The fourth-order valence-electron chi connectivity index (χ4n) is 6.03.